The maximum absolute atomic E-state index is 5.39. The van der Waals surface area contributed by atoms with Crippen molar-refractivity contribution in [2.45, 2.75) is 6.10 Å². The predicted octanol–water partition coefficient (Wildman–Crippen LogP) is 3.02. The van der Waals surface area contributed by atoms with E-state index in [0.29, 0.717) is 0 Å². The molecule has 72 valence electrons. The van der Waals surface area contributed by atoms with Gasteiger partial charge in [0.25, 0.3) is 0 Å². The van der Waals surface area contributed by atoms with Crippen LogP contribution in [0.1, 0.15) is 17.4 Å². The normalized spacial score (nSPS) is 12.6. The van der Waals surface area contributed by atoms with Gasteiger partial charge in [0.2, 0.25) is 0 Å². The van der Waals surface area contributed by atoms with Crippen LogP contribution in [0, 0.1) is 0 Å². The lowest BCUT2D eigenvalue weighted by molar-refractivity contribution is 0.116. The number of furan rings is 1. The molecule has 2 aromatic rings. The second-order valence-corrected chi connectivity index (χ2v) is 3.04. The highest BCUT2D eigenvalue weighted by Crippen LogP contribution is 2.24. The van der Waals surface area contributed by atoms with Crippen LogP contribution in [0.15, 0.2) is 53.1 Å². The highest BCUT2D eigenvalue weighted by atomic mass is 16.5. The smallest absolute Gasteiger partial charge is 0.140 e. The van der Waals surface area contributed by atoms with E-state index in [1.807, 2.05) is 42.5 Å². The average Bonchev–Trinajstić information content (AvgIpc) is 2.74. The molecule has 1 atom stereocenters. The fraction of sp³-hybridized carbons (Fsp3) is 0.167. The van der Waals surface area contributed by atoms with Crippen LogP contribution < -0.4 is 0 Å². The Hall–Kier alpha value is -1.54. The summed E-state index contributed by atoms with van der Waals surface area (Å²) in [5.41, 5.74) is 1.10. The third-order valence-corrected chi connectivity index (χ3v) is 2.14. The summed E-state index contributed by atoms with van der Waals surface area (Å²) in [6.45, 7) is 0. The Balaban J connectivity index is 2.31. The van der Waals surface area contributed by atoms with Crippen LogP contribution in [0.2, 0.25) is 0 Å². The molecule has 1 aromatic heterocycles. The van der Waals surface area contributed by atoms with Crippen LogP contribution in [0.5, 0.6) is 0 Å². The summed E-state index contributed by atoms with van der Waals surface area (Å²) in [5, 5.41) is 0. The van der Waals surface area contributed by atoms with E-state index in [0.717, 1.165) is 11.3 Å². The third-order valence-electron chi connectivity index (χ3n) is 2.14. The quantitative estimate of drug-likeness (QED) is 0.738. The first-order valence-corrected chi connectivity index (χ1v) is 4.53. The molecule has 0 radical (unpaired) electrons. The molecule has 1 aromatic carbocycles. The molecule has 0 spiro atoms. The second-order valence-electron chi connectivity index (χ2n) is 3.04. The van der Waals surface area contributed by atoms with Crippen LogP contribution in [-0.2, 0) is 4.74 Å². The molecule has 0 saturated heterocycles. The highest BCUT2D eigenvalue weighted by molar-refractivity contribution is 5.24. The summed E-state index contributed by atoms with van der Waals surface area (Å²) in [5.74, 6) is 0.832. The van der Waals surface area contributed by atoms with Crippen LogP contribution in [0.3, 0.4) is 0 Å². The monoisotopic (exact) mass is 188 g/mol. The Labute approximate surface area is 83.1 Å². The minimum absolute atomic E-state index is 0.105. The minimum atomic E-state index is -0.105. The zero-order valence-corrected chi connectivity index (χ0v) is 8.01. The summed E-state index contributed by atoms with van der Waals surface area (Å²) in [4.78, 5) is 0. The first-order valence-electron chi connectivity index (χ1n) is 4.53. The van der Waals surface area contributed by atoms with Crippen molar-refractivity contribution in [3.63, 3.8) is 0 Å². The molecule has 0 aliphatic heterocycles. The molecular weight excluding hydrogens is 176 g/mol. The Bertz CT molecular complexity index is 364. The summed E-state index contributed by atoms with van der Waals surface area (Å²) in [6.07, 6.45) is 1.55. The fourth-order valence-corrected chi connectivity index (χ4v) is 1.48. The third kappa shape index (κ3) is 1.70. The number of hydrogen-bond acceptors (Lipinski definition) is 2. The SMILES string of the molecule is COC(c1ccccc1)c1ccco1. The number of hydrogen-bond donors (Lipinski definition) is 0. The molecule has 1 unspecified atom stereocenters. The van der Waals surface area contributed by atoms with Crippen molar-refractivity contribution in [3.05, 3.63) is 60.1 Å². The Kier molecular flexibility index (Phi) is 2.65. The number of methoxy groups -OCH3 is 1. The average molecular weight is 188 g/mol. The highest BCUT2D eigenvalue weighted by Gasteiger charge is 2.14. The summed E-state index contributed by atoms with van der Waals surface area (Å²) in [7, 11) is 1.68. The second kappa shape index (κ2) is 4.11. The van der Waals surface area contributed by atoms with Crippen molar-refractivity contribution >= 4 is 0 Å². The molecule has 0 saturated carbocycles. The van der Waals surface area contributed by atoms with E-state index in [1.54, 1.807) is 13.4 Å². The van der Waals surface area contributed by atoms with Gasteiger partial charge in [-0.15, -0.1) is 0 Å². The largest absolute Gasteiger partial charge is 0.466 e. The standard InChI is InChI=1S/C12H12O2/c1-13-12(11-8-5-9-14-11)10-6-3-2-4-7-10/h2-9,12H,1H3. The van der Waals surface area contributed by atoms with Crippen LogP contribution in [-0.4, -0.2) is 7.11 Å². The molecule has 0 bridgehead atoms. The van der Waals surface area contributed by atoms with E-state index in [4.69, 9.17) is 9.15 Å². The molecule has 0 aliphatic rings. The molecule has 1 heterocycles. The lowest BCUT2D eigenvalue weighted by Crippen LogP contribution is -2.01. The van der Waals surface area contributed by atoms with Gasteiger partial charge in [-0.25, -0.2) is 0 Å². The number of benzene rings is 1. The first-order chi connectivity index (χ1) is 6.92. The molecular formula is C12H12O2. The molecule has 0 N–H and O–H groups in total. The summed E-state index contributed by atoms with van der Waals surface area (Å²) >= 11 is 0. The molecule has 14 heavy (non-hydrogen) atoms. The number of ether oxygens (including phenoxy) is 1. The zero-order valence-electron chi connectivity index (χ0n) is 8.01. The van der Waals surface area contributed by atoms with Crippen molar-refractivity contribution in [1.82, 2.24) is 0 Å². The van der Waals surface area contributed by atoms with E-state index >= 15 is 0 Å². The van der Waals surface area contributed by atoms with Crippen molar-refractivity contribution in [1.29, 1.82) is 0 Å². The van der Waals surface area contributed by atoms with Gasteiger partial charge in [-0.3, -0.25) is 0 Å². The van der Waals surface area contributed by atoms with Gasteiger partial charge in [0.1, 0.15) is 11.9 Å². The number of rotatable bonds is 3. The van der Waals surface area contributed by atoms with Gasteiger partial charge in [0, 0.05) is 7.11 Å². The zero-order chi connectivity index (χ0) is 9.80. The van der Waals surface area contributed by atoms with Crippen LogP contribution in [0.25, 0.3) is 0 Å². The first kappa shape index (κ1) is 9.03. The maximum Gasteiger partial charge on any atom is 0.140 e. The van der Waals surface area contributed by atoms with Gasteiger partial charge in [-0.2, -0.15) is 0 Å². The van der Waals surface area contributed by atoms with Gasteiger partial charge in [0.15, 0.2) is 0 Å². The molecule has 0 amide bonds. The lowest BCUT2D eigenvalue weighted by atomic mass is 10.1. The molecule has 2 nitrogen and oxygen atoms in total. The van der Waals surface area contributed by atoms with Crippen LogP contribution in [0.4, 0.5) is 0 Å². The summed E-state index contributed by atoms with van der Waals surface area (Å²) < 4.78 is 10.7. The Morgan fingerprint density at radius 3 is 2.43 bits per heavy atom. The van der Waals surface area contributed by atoms with E-state index in [-0.39, 0.29) is 6.10 Å². The van der Waals surface area contributed by atoms with Crippen molar-refractivity contribution in [2.75, 3.05) is 7.11 Å². The van der Waals surface area contributed by atoms with Crippen LogP contribution >= 0.6 is 0 Å². The van der Waals surface area contributed by atoms with Crippen molar-refractivity contribution in [3.8, 4) is 0 Å². The van der Waals surface area contributed by atoms with Crippen molar-refractivity contribution < 1.29 is 9.15 Å². The summed E-state index contributed by atoms with van der Waals surface area (Å²) in [6, 6.07) is 13.8. The molecule has 2 heteroatoms. The van der Waals surface area contributed by atoms with E-state index < -0.39 is 0 Å². The van der Waals surface area contributed by atoms with Crippen molar-refractivity contribution in [2.24, 2.45) is 0 Å². The molecule has 0 aliphatic carbocycles. The minimum Gasteiger partial charge on any atom is -0.466 e. The Morgan fingerprint density at radius 1 is 1.07 bits per heavy atom. The molecule has 2 rings (SSSR count). The van der Waals surface area contributed by atoms with Gasteiger partial charge >= 0.3 is 0 Å². The van der Waals surface area contributed by atoms with E-state index in [2.05, 4.69) is 0 Å². The Morgan fingerprint density at radius 2 is 1.86 bits per heavy atom. The van der Waals surface area contributed by atoms with E-state index in [9.17, 15) is 0 Å². The lowest BCUT2D eigenvalue weighted by Gasteiger charge is -2.12. The van der Waals surface area contributed by atoms with E-state index in [1.165, 1.54) is 0 Å². The molecule has 0 fully saturated rings. The maximum atomic E-state index is 5.39. The van der Waals surface area contributed by atoms with Gasteiger partial charge in [0.05, 0.1) is 6.26 Å². The topological polar surface area (TPSA) is 22.4 Å². The predicted molar refractivity (Wildman–Crippen MR) is 54.0 cm³/mol. The van der Waals surface area contributed by atoms with Gasteiger partial charge in [-0.05, 0) is 17.7 Å². The fourth-order valence-electron chi connectivity index (χ4n) is 1.48. The van der Waals surface area contributed by atoms with Gasteiger partial charge in [-0.1, -0.05) is 30.3 Å². The van der Waals surface area contributed by atoms with Gasteiger partial charge < -0.3 is 9.15 Å².